The predicted molar refractivity (Wildman–Crippen MR) is 98.3 cm³/mol. The first-order valence-electron chi connectivity index (χ1n) is 9.00. The number of fused-ring (bicyclic) bond motifs is 2. The molecule has 0 unspecified atom stereocenters. The number of aromatic nitrogens is 6. The van der Waals surface area contributed by atoms with Crippen LogP contribution in [0.1, 0.15) is 39.3 Å². The fourth-order valence-corrected chi connectivity index (χ4v) is 3.89. The van der Waals surface area contributed by atoms with E-state index in [0.717, 1.165) is 17.1 Å². The molecule has 5 heterocycles. The van der Waals surface area contributed by atoms with Gasteiger partial charge in [-0.1, -0.05) is 0 Å². The van der Waals surface area contributed by atoms with Gasteiger partial charge in [0.15, 0.2) is 0 Å². The van der Waals surface area contributed by atoms with Gasteiger partial charge in [0.2, 0.25) is 0 Å². The molecule has 0 spiro atoms. The molecule has 1 amide bonds. The summed E-state index contributed by atoms with van der Waals surface area (Å²) < 4.78 is 17.3. The molecular weight excluding hydrogens is 361 g/mol. The Morgan fingerprint density at radius 3 is 2.93 bits per heavy atom. The number of pyridine rings is 1. The summed E-state index contributed by atoms with van der Waals surface area (Å²) in [5.74, 6) is -0.515. The summed E-state index contributed by atoms with van der Waals surface area (Å²) in [5, 5.41) is 8.82. The van der Waals surface area contributed by atoms with E-state index in [1.807, 2.05) is 6.92 Å². The van der Waals surface area contributed by atoms with Crippen LogP contribution in [0.3, 0.4) is 0 Å². The predicted octanol–water partition coefficient (Wildman–Crippen LogP) is 2.03. The first-order chi connectivity index (χ1) is 13.5. The molecule has 4 aromatic rings. The maximum absolute atomic E-state index is 14.2. The van der Waals surface area contributed by atoms with Gasteiger partial charge in [-0.2, -0.15) is 10.2 Å². The lowest BCUT2D eigenvalue weighted by atomic mass is 9.99. The minimum absolute atomic E-state index is 0.153. The lowest BCUT2D eigenvalue weighted by Gasteiger charge is -2.33. The number of H-pyrrole nitrogens is 1. The molecule has 0 saturated heterocycles. The minimum atomic E-state index is -0.503. The number of amides is 1. The van der Waals surface area contributed by atoms with E-state index >= 15 is 0 Å². The highest BCUT2D eigenvalue weighted by Gasteiger charge is 2.37. The number of imidazole rings is 1. The quantitative estimate of drug-likeness (QED) is 0.578. The molecule has 0 fully saturated rings. The summed E-state index contributed by atoms with van der Waals surface area (Å²) in [4.78, 5) is 22.7. The van der Waals surface area contributed by atoms with Crippen LogP contribution in [0.25, 0.3) is 5.52 Å². The maximum Gasteiger partial charge on any atom is 0.273 e. The number of halogens is 1. The number of hydrogen-bond donors (Lipinski definition) is 1. The molecule has 1 aliphatic rings. The van der Waals surface area contributed by atoms with E-state index in [-0.39, 0.29) is 11.7 Å². The Morgan fingerprint density at radius 1 is 1.32 bits per heavy atom. The van der Waals surface area contributed by atoms with E-state index in [0.29, 0.717) is 29.9 Å². The van der Waals surface area contributed by atoms with Gasteiger partial charge < -0.3 is 9.88 Å². The third kappa shape index (κ3) is 2.43. The number of rotatable bonds is 2. The molecule has 0 saturated carbocycles. The standard InChI is InChI=1S/C19H18FN7O/c1-11-8-16(25(2)23-11)19(28)26-7-5-13-17(22-10-21-13)18(26)14-9-15-12(20)4-3-6-27(15)24-14/h3-4,6,8-10,18H,5,7H2,1-2H3,(H,21,22)/t18-/m1/s1. The lowest BCUT2D eigenvalue weighted by Crippen LogP contribution is -2.41. The van der Waals surface area contributed by atoms with Crippen LogP contribution in [0, 0.1) is 12.7 Å². The number of nitrogens with zero attached hydrogens (tertiary/aromatic N) is 6. The number of aromatic amines is 1. The summed E-state index contributed by atoms with van der Waals surface area (Å²) in [6.07, 6.45) is 3.97. The van der Waals surface area contributed by atoms with Crippen LogP contribution >= 0.6 is 0 Å². The summed E-state index contributed by atoms with van der Waals surface area (Å²) in [6.45, 7) is 2.35. The molecule has 1 atom stereocenters. The molecule has 0 bridgehead atoms. The molecular formula is C19H18FN7O. The second-order valence-electron chi connectivity index (χ2n) is 6.97. The average Bonchev–Trinajstić information content (AvgIpc) is 3.38. The van der Waals surface area contributed by atoms with Crippen molar-refractivity contribution in [1.29, 1.82) is 0 Å². The van der Waals surface area contributed by atoms with Crippen LogP contribution in [0.4, 0.5) is 4.39 Å². The average molecular weight is 379 g/mol. The van der Waals surface area contributed by atoms with Crippen molar-refractivity contribution in [1.82, 2.24) is 34.3 Å². The molecule has 142 valence electrons. The van der Waals surface area contributed by atoms with Gasteiger partial charge in [-0.25, -0.2) is 13.9 Å². The Morgan fingerprint density at radius 2 is 2.18 bits per heavy atom. The van der Waals surface area contributed by atoms with E-state index in [9.17, 15) is 9.18 Å². The normalized spacial score (nSPS) is 16.5. The van der Waals surface area contributed by atoms with E-state index < -0.39 is 6.04 Å². The van der Waals surface area contributed by atoms with Crippen LogP contribution in [0.5, 0.6) is 0 Å². The molecule has 9 heteroatoms. The van der Waals surface area contributed by atoms with Crippen molar-refractivity contribution >= 4 is 11.4 Å². The van der Waals surface area contributed by atoms with Gasteiger partial charge in [-0.05, 0) is 31.2 Å². The van der Waals surface area contributed by atoms with Crippen molar-refractivity contribution in [2.45, 2.75) is 19.4 Å². The Labute approximate surface area is 159 Å². The van der Waals surface area contributed by atoms with Crippen LogP contribution in [0.2, 0.25) is 0 Å². The van der Waals surface area contributed by atoms with Crippen LogP contribution in [-0.4, -0.2) is 46.7 Å². The summed E-state index contributed by atoms with van der Waals surface area (Å²) >= 11 is 0. The van der Waals surface area contributed by atoms with Crippen LogP contribution in [-0.2, 0) is 13.5 Å². The molecule has 1 aliphatic heterocycles. The van der Waals surface area contributed by atoms with E-state index in [4.69, 9.17) is 0 Å². The lowest BCUT2D eigenvalue weighted by molar-refractivity contribution is 0.0675. The molecule has 1 N–H and O–H groups in total. The Hall–Kier alpha value is -3.49. The van der Waals surface area contributed by atoms with E-state index in [2.05, 4.69) is 20.2 Å². The summed E-state index contributed by atoms with van der Waals surface area (Å²) in [7, 11) is 1.75. The molecule has 0 radical (unpaired) electrons. The van der Waals surface area contributed by atoms with Crippen molar-refractivity contribution in [3.63, 3.8) is 0 Å². The van der Waals surface area contributed by atoms with Gasteiger partial charge in [0, 0.05) is 31.9 Å². The largest absolute Gasteiger partial charge is 0.348 e. The van der Waals surface area contributed by atoms with Gasteiger partial charge in [-0.3, -0.25) is 9.48 Å². The topological polar surface area (TPSA) is 84.1 Å². The second kappa shape index (κ2) is 6.01. The van der Waals surface area contributed by atoms with E-state index in [1.54, 1.807) is 47.4 Å². The van der Waals surface area contributed by atoms with Crippen molar-refractivity contribution in [3.8, 4) is 0 Å². The third-order valence-corrected chi connectivity index (χ3v) is 5.16. The molecule has 0 aliphatic carbocycles. The summed E-state index contributed by atoms with van der Waals surface area (Å²) in [5.41, 5.74) is 3.91. The van der Waals surface area contributed by atoms with Crippen LogP contribution in [0.15, 0.2) is 36.8 Å². The Kier molecular flexibility index (Phi) is 3.58. The molecule has 8 nitrogen and oxygen atoms in total. The highest BCUT2D eigenvalue weighted by atomic mass is 19.1. The van der Waals surface area contributed by atoms with Crippen molar-refractivity contribution in [2.24, 2.45) is 7.05 Å². The number of aryl methyl sites for hydroxylation is 2. The zero-order valence-electron chi connectivity index (χ0n) is 15.4. The van der Waals surface area contributed by atoms with Gasteiger partial charge in [0.1, 0.15) is 23.1 Å². The first-order valence-corrected chi connectivity index (χ1v) is 9.00. The smallest absolute Gasteiger partial charge is 0.273 e. The zero-order valence-corrected chi connectivity index (χ0v) is 15.4. The highest BCUT2D eigenvalue weighted by Crippen LogP contribution is 2.34. The number of nitrogens with one attached hydrogen (secondary N) is 1. The summed E-state index contributed by atoms with van der Waals surface area (Å²) in [6, 6.07) is 5.93. The number of carbonyl (C=O) groups is 1. The fourth-order valence-electron chi connectivity index (χ4n) is 3.89. The van der Waals surface area contributed by atoms with Gasteiger partial charge >= 0.3 is 0 Å². The van der Waals surface area contributed by atoms with Crippen molar-refractivity contribution in [3.05, 3.63) is 71.1 Å². The highest BCUT2D eigenvalue weighted by molar-refractivity contribution is 5.93. The van der Waals surface area contributed by atoms with E-state index in [1.165, 1.54) is 10.6 Å². The minimum Gasteiger partial charge on any atom is -0.348 e. The molecule has 0 aromatic carbocycles. The number of hydrogen-bond acceptors (Lipinski definition) is 4. The zero-order chi connectivity index (χ0) is 19.4. The third-order valence-electron chi connectivity index (χ3n) is 5.16. The Balaban J connectivity index is 1.65. The molecule has 5 rings (SSSR count). The SMILES string of the molecule is Cc1cc(C(=O)N2CCc3[nH]cnc3[C@H]2c2cc3c(F)cccn3n2)n(C)n1. The van der Waals surface area contributed by atoms with Crippen molar-refractivity contribution in [2.75, 3.05) is 6.54 Å². The Bertz CT molecular complexity index is 1200. The van der Waals surface area contributed by atoms with Gasteiger partial charge in [0.05, 0.1) is 23.4 Å². The molecule has 28 heavy (non-hydrogen) atoms. The monoisotopic (exact) mass is 379 g/mol. The maximum atomic E-state index is 14.2. The second-order valence-corrected chi connectivity index (χ2v) is 6.97. The first kappa shape index (κ1) is 16.7. The molecule has 4 aromatic heterocycles. The number of carbonyl (C=O) groups excluding carboxylic acids is 1. The fraction of sp³-hybridized carbons (Fsp3) is 0.263. The van der Waals surface area contributed by atoms with Crippen LogP contribution < -0.4 is 0 Å². The van der Waals surface area contributed by atoms with Crippen molar-refractivity contribution < 1.29 is 9.18 Å². The van der Waals surface area contributed by atoms with Gasteiger partial charge in [0.25, 0.3) is 5.91 Å². The van der Waals surface area contributed by atoms with Gasteiger partial charge in [-0.15, -0.1) is 0 Å².